The van der Waals surface area contributed by atoms with Crippen molar-refractivity contribution in [1.29, 1.82) is 0 Å². The summed E-state index contributed by atoms with van der Waals surface area (Å²) in [5.74, 6) is 0. The normalized spacial score (nSPS) is 25.0. The van der Waals surface area contributed by atoms with Crippen molar-refractivity contribution in [3.63, 3.8) is 0 Å². The molecule has 2 atom stereocenters. The van der Waals surface area contributed by atoms with Crippen LogP contribution in [0.5, 0.6) is 0 Å². The van der Waals surface area contributed by atoms with Crippen molar-refractivity contribution in [2.75, 3.05) is 11.4 Å². The van der Waals surface area contributed by atoms with E-state index in [9.17, 15) is 0 Å². The Morgan fingerprint density at radius 2 is 2.50 bits per heavy atom. The lowest BCUT2D eigenvalue weighted by molar-refractivity contribution is 0.412. The molecule has 14 heavy (non-hydrogen) atoms. The van der Waals surface area contributed by atoms with Crippen molar-refractivity contribution in [2.45, 2.75) is 38.3 Å². The van der Waals surface area contributed by atoms with E-state index in [0.717, 1.165) is 11.7 Å². The highest BCUT2D eigenvalue weighted by atomic mass is 32.1. The van der Waals surface area contributed by atoms with E-state index in [1.54, 1.807) is 16.8 Å². The lowest BCUT2D eigenvalue weighted by Crippen LogP contribution is -2.49. The third kappa shape index (κ3) is 1.88. The minimum atomic E-state index is 0.208. The molecule has 0 bridgehead atoms. The second kappa shape index (κ2) is 4.23. The van der Waals surface area contributed by atoms with Crippen LogP contribution in [0.15, 0.2) is 5.51 Å². The van der Waals surface area contributed by atoms with Gasteiger partial charge in [-0.25, -0.2) is 0 Å². The Balaban J connectivity index is 2.14. The summed E-state index contributed by atoms with van der Waals surface area (Å²) in [6.07, 6.45) is 3.70. The molecule has 2 rings (SSSR count). The van der Waals surface area contributed by atoms with E-state index in [1.807, 2.05) is 0 Å². The fourth-order valence-electron chi connectivity index (χ4n) is 2.03. The predicted molar refractivity (Wildman–Crippen MR) is 58.5 cm³/mol. The van der Waals surface area contributed by atoms with Crippen molar-refractivity contribution in [1.82, 2.24) is 10.2 Å². The van der Waals surface area contributed by atoms with Gasteiger partial charge in [0.25, 0.3) is 0 Å². The molecular formula is C9H16N4S. The zero-order valence-corrected chi connectivity index (χ0v) is 9.20. The zero-order valence-electron chi connectivity index (χ0n) is 8.39. The van der Waals surface area contributed by atoms with Gasteiger partial charge in [0.05, 0.1) is 0 Å². The minimum Gasteiger partial charge on any atom is -0.342 e. The van der Waals surface area contributed by atoms with Crippen molar-refractivity contribution in [2.24, 2.45) is 5.73 Å². The number of nitrogens with two attached hydrogens (primary N) is 1. The minimum absolute atomic E-state index is 0.208. The smallest absolute Gasteiger partial charge is 0.208 e. The molecule has 4 nitrogen and oxygen atoms in total. The molecule has 1 aliphatic rings. The van der Waals surface area contributed by atoms with Gasteiger partial charge in [-0.15, -0.1) is 10.2 Å². The Morgan fingerprint density at radius 1 is 1.64 bits per heavy atom. The lowest BCUT2D eigenvalue weighted by atomic mass is 9.98. The summed E-state index contributed by atoms with van der Waals surface area (Å²) in [6.45, 7) is 3.14. The average molecular weight is 212 g/mol. The van der Waals surface area contributed by atoms with Gasteiger partial charge in [0.15, 0.2) is 0 Å². The molecule has 0 aliphatic carbocycles. The fraction of sp³-hybridized carbons (Fsp3) is 0.778. The summed E-state index contributed by atoms with van der Waals surface area (Å²) in [7, 11) is 0. The quantitative estimate of drug-likeness (QED) is 0.801. The first kappa shape index (κ1) is 9.86. The molecular weight excluding hydrogens is 196 g/mol. The molecule has 0 aromatic carbocycles. The van der Waals surface area contributed by atoms with Crippen LogP contribution < -0.4 is 10.6 Å². The third-order valence-corrected chi connectivity index (χ3v) is 3.48. The van der Waals surface area contributed by atoms with Gasteiger partial charge < -0.3 is 10.6 Å². The number of aromatic nitrogens is 2. The lowest BCUT2D eigenvalue weighted by Gasteiger charge is -2.37. The second-order valence-corrected chi connectivity index (χ2v) is 4.65. The van der Waals surface area contributed by atoms with Crippen molar-refractivity contribution in [3.05, 3.63) is 5.51 Å². The van der Waals surface area contributed by atoms with Gasteiger partial charge >= 0.3 is 0 Å². The summed E-state index contributed by atoms with van der Waals surface area (Å²) in [5, 5.41) is 9.01. The zero-order chi connectivity index (χ0) is 9.97. The van der Waals surface area contributed by atoms with Gasteiger partial charge in [-0.3, -0.25) is 0 Å². The van der Waals surface area contributed by atoms with E-state index in [-0.39, 0.29) is 6.04 Å². The number of piperidine rings is 1. The van der Waals surface area contributed by atoms with Crippen LogP contribution in [0.4, 0.5) is 5.13 Å². The molecule has 0 radical (unpaired) electrons. The molecule has 1 fully saturated rings. The standard InChI is InChI=1S/C9H16N4S/c1-7(10)8-4-2-3-5-13(8)9-12-11-6-14-9/h6-8H,2-5,10H2,1H3. The van der Waals surface area contributed by atoms with Crippen LogP contribution in [0.3, 0.4) is 0 Å². The molecule has 5 heteroatoms. The number of hydrogen-bond donors (Lipinski definition) is 1. The first-order chi connectivity index (χ1) is 6.79. The van der Waals surface area contributed by atoms with Crippen molar-refractivity contribution >= 4 is 16.5 Å². The summed E-state index contributed by atoms with van der Waals surface area (Å²) in [4.78, 5) is 2.31. The maximum absolute atomic E-state index is 5.98. The SMILES string of the molecule is CC(N)C1CCCCN1c1nncs1. The van der Waals surface area contributed by atoms with Crippen molar-refractivity contribution < 1.29 is 0 Å². The Bertz CT molecular complexity index is 272. The van der Waals surface area contributed by atoms with E-state index in [1.165, 1.54) is 19.3 Å². The first-order valence-electron chi connectivity index (χ1n) is 5.07. The number of nitrogens with zero attached hydrogens (tertiary/aromatic N) is 3. The molecule has 2 unspecified atom stereocenters. The fourth-order valence-corrected chi connectivity index (χ4v) is 2.68. The monoisotopic (exact) mass is 212 g/mol. The Morgan fingerprint density at radius 3 is 3.14 bits per heavy atom. The molecule has 1 saturated heterocycles. The number of rotatable bonds is 2. The third-order valence-electron chi connectivity index (χ3n) is 2.75. The topological polar surface area (TPSA) is 55.0 Å². The maximum atomic E-state index is 5.98. The molecule has 2 heterocycles. The highest BCUT2D eigenvalue weighted by Crippen LogP contribution is 2.26. The van der Waals surface area contributed by atoms with Gasteiger partial charge in [-0.1, -0.05) is 11.3 Å². The average Bonchev–Trinajstić information content (AvgIpc) is 2.70. The van der Waals surface area contributed by atoms with Crippen LogP contribution in [0.1, 0.15) is 26.2 Å². The van der Waals surface area contributed by atoms with Crippen LogP contribution >= 0.6 is 11.3 Å². The highest BCUT2D eigenvalue weighted by molar-refractivity contribution is 7.13. The number of hydrogen-bond acceptors (Lipinski definition) is 5. The Labute approximate surface area is 88.1 Å². The Hall–Kier alpha value is -0.680. The highest BCUT2D eigenvalue weighted by Gasteiger charge is 2.27. The molecule has 78 valence electrons. The molecule has 1 aromatic rings. The predicted octanol–water partition coefficient (Wildman–Crippen LogP) is 1.24. The molecule has 0 amide bonds. The second-order valence-electron chi connectivity index (χ2n) is 3.84. The van der Waals surface area contributed by atoms with Crippen LogP contribution in [-0.4, -0.2) is 28.8 Å². The van der Waals surface area contributed by atoms with Gasteiger partial charge in [0.2, 0.25) is 5.13 Å². The van der Waals surface area contributed by atoms with E-state index >= 15 is 0 Å². The van der Waals surface area contributed by atoms with Gasteiger partial charge in [-0.05, 0) is 26.2 Å². The summed E-state index contributed by atoms with van der Waals surface area (Å²) in [6, 6.07) is 0.649. The first-order valence-corrected chi connectivity index (χ1v) is 5.95. The summed E-state index contributed by atoms with van der Waals surface area (Å²) >= 11 is 1.60. The van der Waals surface area contributed by atoms with E-state index < -0.39 is 0 Å². The molecule has 1 aliphatic heterocycles. The van der Waals surface area contributed by atoms with E-state index in [0.29, 0.717) is 6.04 Å². The van der Waals surface area contributed by atoms with Gasteiger partial charge in [0, 0.05) is 18.6 Å². The van der Waals surface area contributed by atoms with E-state index in [4.69, 9.17) is 5.73 Å². The van der Waals surface area contributed by atoms with Crippen LogP contribution in [0.25, 0.3) is 0 Å². The van der Waals surface area contributed by atoms with Crippen molar-refractivity contribution in [3.8, 4) is 0 Å². The molecule has 0 saturated carbocycles. The largest absolute Gasteiger partial charge is 0.342 e. The number of anilines is 1. The maximum Gasteiger partial charge on any atom is 0.208 e. The van der Waals surface area contributed by atoms with Gasteiger partial charge in [-0.2, -0.15) is 0 Å². The summed E-state index contributed by atoms with van der Waals surface area (Å²) < 4.78 is 0. The summed E-state index contributed by atoms with van der Waals surface area (Å²) in [5.41, 5.74) is 7.76. The molecule has 1 aromatic heterocycles. The van der Waals surface area contributed by atoms with E-state index in [2.05, 4.69) is 22.0 Å². The molecule has 0 spiro atoms. The van der Waals surface area contributed by atoms with Crippen LogP contribution in [0.2, 0.25) is 0 Å². The van der Waals surface area contributed by atoms with Crippen LogP contribution in [-0.2, 0) is 0 Å². The molecule has 2 N–H and O–H groups in total. The van der Waals surface area contributed by atoms with Gasteiger partial charge in [0.1, 0.15) is 5.51 Å². The Kier molecular flexibility index (Phi) is 2.98. The van der Waals surface area contributed by atoms with Crippen LogP contribution in [0, 0.1) is 0 Å².